The molecule has 0 saturated carbocycles. The molecule has 0 radical (unpaired) electrons. The standard InChI is InChI=1S/C11H13FN2O3/c12-9-6-7(14(16)17)5-8(11(9)15)10-3-1-2-4-13-10/h5-6,10,13,15H,1-4H2/t10-/m0/s1. The fraction of sp³-hybridized carbons (Fsp3) is 0.455. The summed E-state index contributed by atoms with van der Waals surface area (Å²) in [5.74, 6) is -1.43. The molecule has 1 aliphatic rings. The average molecular weight is 240 g/mol. The van der Waals surface area contributed by atoms with Crippen molar-refractivity contribution in [3.63, 3.8) is 0 Å². The highest BCUT2D eigenvalue weighted by molar-refractivity contribution is 5.46. The highest BCUT2D eigenvalue weighted by atomic mass is 19.1. The number of nitrogens with zero attached hydrogens (tertiary/aromatic N) is 1. The molecule has 0 unspecified atom stereocenters. The molecule has 2 rings (SSSR count). The molecule has 0 bridgehead atoms. The van der Waals surface area contributed by atoms with Crippen molar-refractivity contribution in [3.8, 4) is 5.75 Å². The Morgan fingerprint density at radius 2 is 2.24 bits per heavy atom. The van der Waals surface area contributed by atoms with Gasteiger partial charge < -0.3 is 10.4 Å². The summed E-state index contributed by atoms with van der Waals surface area (Å²) in [6.07, 6.45) is 2.73. The van der Waals surface area contributed by atoms with Gasteiger partial charge in [-0.1, -0.05) is 6.42 Å². The van der Waals surface area contributed by atoms with E-state index in [0.29, 0.717) is 0 Å². The van der Waals surface area contributed by atoms with Gasteiger partial charge in [-0.05, 0) is 19.4 Å². The Morgan fingerprint density at radius 1 is 1.47 bits per heavy atom. The smallest absolute Gasteiger partial charge is 0.272 e. The van der Waals surface area contributed by atoms with E-state index in [0.717, 1.165) is 31.9 Å². The van der Waals surface area contributed by atoms with Gasteiger partial charge in [0.05, 0.1) is 11.0 Å². The van der Waals surface area contributed by atoms with Crippen molar-refractivity contribution in [3.05, 3.63) is 33.6 Å². The highest BCUT2D eigenvalue weighted by Crippen LogP contribution is 2.34. The molecule has 17 heavy (non-hydrogen) atoms. The van der Waals surface area contributed by atoms with Crippen molar-refractivity contribution in [1.82, 2.24) is 5.32 Å². The number of hydrogen-bond donors (Lipinski definition) is 2. The van der Waals surface area contributed by atoms with Crippen molar-refractivity contribution < 1.29 is 14.4 Å². The Balaban J connectivity index is 2.40. The van der Waals surface area contributed by atoms with Crippen LogP contribution < -0.4 is 5.32 Å². The predicted octanol–water partition coefficient (Wildman–Crippen LogP) is 2.25. The van der Waals surface area contributed by atoms with Crippen LogP contribution in [0.5, 0.6) is 5.75 Å². The molecule has 1 heterocycles. The maximum absolute atomic E-state index is 13.4. The molecule has 2 N–H and O–H groups in total. The molecule has 0 aliphatic carbocycles. The monoisotopic (exact) mass is 240 g/mol. The molecule has 0 amide bonds. The first-order valence-electron chi connectivity index (χ1n) is 5.50. The highest BCUT2D eigenvalue weighted by Gasteiger charge is 2.23. The zero-order valence-corrected chi connectivity index (χ0v) is 9.15. The molecule has 1 aromatic rings. The average Bonchev–Trinajstić information content (AvgIpc) is 2.33. The summed E-state index contributed by atoms with van der Waals surface area (Å²) in [6, 6.07) is 1.77. The van der Waals surface area contributed by atoms with Gasteiger partial charge in [-0.2, -0.15) is 0 Å². The Hall–Kier alpha value is -1.69. The van der Waals surface area contributed by atoms with E-state index < -0.39 is 16.5 Å². The minimum absolute atomic E-state index is 0.210. The van der Waals surface area contributed by atoms with Crippen molar-refractivity contribution in [2.45, 2.75) is 25.3 Å². The van der Waals surface area contributed by atoms with E-state index in [9.17, 15) is 19.6 Å². The lowest BCUT2D eigenvalue weighted by Gasteiger charge is -2.24. The Kier molecular flexibility index (Phi) is 3.23. The van der Waals surface area contributed by atoms with Crippen LogP contribution >= 0.6 is 0 Å². The van der Waals surface area contributed by atoms with Gasteiger partial charge >= 0.3 is 0 Å². The molecule has 5 nitrogen and oxygen atoms in total. The maximum Gasteiger partial charge on any atom is 0.272 e. The third-order valence-corrected chi connectivity index (χ3v) is 2.97. The van der Waals surface area contributed by atoms with Crippen LogP contribution in [0, 0.1) is 15.9 Å². The lowest BCUT2D eigenvalue weighted by atomic mass is 9.96. The SMILES string of the molecule is O=[N+]([O-])c1cc(F)c(O)c([C@@H]2CCCCN2)c1. The van der Waals surface area contributed by atoms with Crippen LogP contribution in [0.3, 0.4) is 0 Å². The first-order chi connectivity index (χ1) is 8.09. The number of rotatable bonds is 2. The van der Waals surface area contributed by atoms with E-state index in [2.05, 4.69) is 5.32 Å². The van der Waals surface area contributed by atoms with E-state index in [1.165, 1.54) is 6.07 Å². The van der Waals surface area contributed by atoms with Crippen LogP contribution in [0.2, 0.25) is 0 Å². The fourth-order valence-corrected chi connectivity index (χ4v) is 2.09. The van der Waals surface area contributed by atoms with Crippen molar-refractivity contribution in [1.29, 1.82) is 0 Å². The second kappa shape index (κ2) is 4.67. The molecule has 1 atom stereocenters. The van der Waals surface area contributed by atoms with Crippen molar-refractivity contribution in [2.75, 3.05) is 6.54 Å². The second-order valence-corrected chi connectivity index (χ2v) is 4.13. The Morgan fingerprint density at radius 3 is 2.82 bits per heavy atom. The van der Waals surface area contributed by atoms with Gasteiger partial charge in [0, 0.05) is 17.7 Å². The van der Waals surface area contributed by atoms with Gasteiger partial charge in [0.15, 0.2) is 11.6 Å². The Labute approximate surface area is 97.4 Å². The molecule has 1 saturated heterocycles. The van der Waals surface area contributed by atoms with Gasteiger partial charge in [0.25, 0.3) is 5.69 Å². The number of benzene rings is 1. The third-order valence-electron chi connectivity index (χ3n) is 2.97. The van der Waals surface area contributed by atoms with Crippen molar-refractivity contribution in [2.24, 2.45) is 0 Å². The Bertz CT molecular complexity index is 445. The van der Waals surface area contributed by atoms with Gasteiger partial charge in [-0.15, -0.1) is 0 Å². The zero-order valence-electron chi connectivity index (χ0n) is 9.15. The number of nitro groups is 1. The van der Waals surface area contributed by atoms with Crippen LogP contribution in [0.25, 0.3) is 0 Å². The summed E-state index contributed by atoms with van der Waals surface area (Å²) in [6.45, 7) is 0.772. The zero-order chi connectivity index (χ0) is 12.4. The lowest BCUT2D eigenvalue weighted by molar-refractivity contribution is -0.385. The molecule has 1 aliphatic heterocycles. The number of non-ortho nitro benzene ring substituents is 1. The number of phenolic OH excluding ortho intramolecular Hbond substituents is 1. The molecule has 1 fully saturated rings. The number of nitro benzene ring substituents is 1. The quantitative estimate of drug-likeness (QED) is 0.614. The summed E-state index contributed by atoms with van der Waals surface area (Å²) in [5.41, 5.74) is -0.0564. The number of piperidine rings is 1. The van der Waals surface area contributed by atoms with E-state index in [1.807, 2.05) is 0 Å². The first-order valence-corrected chi connectivity index (χ1v) is 5.50. The number of halogens is 1. The molecular weight excluding hydrogens is 227 g/mol. The van der Waals surface area contributed by atoms with Crippen LogP contribution in [0.4, 0.5) is 10.1 Å². The van der Waals surface area contributed by atoms with E-state index in [1.54, 1.807) is 0 Å². The molecule has 0 aromatic heterocycles. The fourth-order valence-electron chi connectivity index (χ4n) is 2.09. The van der Waals surface area contributed by atoms with Crippen LogP contribution in [-0.2, 0) is 0 Å². The maximum atomic E-state index is 13.4. The minimum Gasteiger partial charge on any atom is -0.505 e. The number of phenols is 1. The van der Waals surface area contributed by atoms with Crippen molar-refractivity contribution >= 4 is 5.69 Å². The summed E-state index contributed by atoms with van der Waals surface area (Å²) < 4.78 is 13.4. The molecule has 0 spiro atoms. The lowest BCUT2D eigenvalue weighted by Crippen LogP contribution is -2.27. The molecule has 6 heteroatoms. The number of hydrogen-bond acceptors (Lipinski definition) is 4. The van der Waals surface area contributed by atoms with E-state index in [4.69, 9.17) is 0 Å². The van der Waals surface area contributed by atoms with Crippen LogP contribution in [-0.4, -0.2) is 16.6 Å². The largest absolute Gasteiger partial charge is 0.505 e. The summed E-state index contributed by atoms with van der Waals surface area (Å²) in [7, 11) is 0. The van der Waals surface area contributed by atoms with Gasteiger partial charge in [0.1, 0.15) is 0 Å². The number of aromatic hydroxyl groups is 1. The minimum atomic E-state index is -0.943. The second-order valence-electron chi connectivity index (χ2n) is 4.13. The summed E-state index contributed by atoms with van der Waals surface area (Å²) in [5, 5.41) is 23.4. The van der Waals surface area contributed by atoms with Gasteiger partial charge in [-0.25, -0.2) is 4.39 Å². The summed E-state index contributed by atoms with van der Waals surface area (Å²) in [4.78, 5) is 9.98. The molecular formula is C11H13FN2O3. The van der Waals surface area contributed by atoms with Gasteiger partial charge in [-0.3, -0.25) is 10.1 Å². The van der Waals surface area contributed by atoms with E-state index >= 15 is 0 Å². The van der Waals surface area contributed by atoms with Gasteiger partial charge in [0.2, 0.25) is 0 Å². The van der Waals surface area contributed by atoms with Crippen LogP contribution in [0.1, 0.15) is 30.9 Å². The number of nitrogens with one attached hydrogen (secondary N) is 1. The van der Waals surface area contributed by atoms with Crippen LogP contribution in [0.15, 0.2) is 12.1 Å². The molecule has 92 valence electrons. The molecule has 1 aromatic carbocycles. The predicted molar refractivity (Wildman–Crippen MR) is 59.3 cm³/mol. The van der Waals surface area contributed by atoms with E-state index in [-0.39, 0.29) is 17.3 Å². The first kappa shape index (κ1) is 11.8. The third kappa shape index (κ3) is 2.36. The summed E-state index contributed by atoms with van der Waals surface area (Å²) >= 11 is 0. The normalized spacial score (nSPS) is 20.2. The topological polar surface area (TPSA) is 75.4 Å².